The molecule has 14 heteroatoms. The Morgan fingerprint density at radius 2 is 1.83 bits per heavy atom. The van der Waals surface area contributed by atoms with Gasteiger partial charge in [0.25, 0.3) is 12.3 Å². The van der Waals surface area contributed by atoms with E-state index in [2.05, 4.69) is 9.97 Å². The molecule has 0 aliphatic heterocycles. The maximum absolute atomic E-state index is 13.3. The van der Waals surface area contributed by atoms with Crippen LogP contribution >= 0.6 is 0 Å². The van der Waals surface area contributed by atoms with Crippen molar-refractivity contribution < 1.29 is 35.2 Å². The molecule has 3 aromatic rings. The molecule has 1 saturated carbocycles. The average molecular weight is 532 g/mol. The third kappa shape index (κ3) is 4.43. The van der Waals surface area contributed by atoms with Crippen LogP contribution in [-0.4, -0.2) is 40.6 Å². The SMILES string of the molecule is CC(C)(NS(=O)(=O)c1ccc(-c2c(C(N)=O)c3cc(C(F)F)cnc3n2C2CCC2)nc1)C(F)(F)F. The second-order valence-electron chi connectivity index (χ2n) is 9.09. The first-order valence-corrected chi connectivity index (χ1v) is 12.3. The topological polar surface area (TPSA) is 120 Å². The number of primary amides is 1. The minimum atomic E-state index is -4.85. The smallest absolute Gasteiger partial charge is 0.366 e. The molecule has 0 spiro atoms. The molecule has 36 heavy (non-hydrogen) atoms. The van der Waals surface area contributed by atoms with Crippen molar-refractivity contribution in [2.45, 2.75) is 62.2 Å². The van der Waals surface area contributed by atoms with Gasteiger partial charge in [0.1, 0.15) is 16.1 Å². The molecule has 0 unspecified atom stereocenters. The molecule has 3 heterocycles. The van der Waals surface area contributed by atoms with Gasteiger partial charge in [-0.3, -0.25) is 9.78 Å². The number of alkyl halides is 5. The van der Waals surface area contributed by atoms with Gasteiger partial charge in [0.05, 0.1) is 17.0 Å². The fourth-order valence-corrected chi connectivity index (χ4v) is 5.30. The first-order chi connectivity index (χ1) is 16.6. The number of hydrogen-bond acceptors (Lipinski definition) is 5. The van der Waals surface area contributed by atoms with Gasteiger partial charge in [0.2, 0.25) is 10.0 Å². The van der Waals surface area contributed by atoms with E-state index < -0.39 is 44.5 Å². The molecule has 0 radical (unpaired) electrons. The number of aromatic nitrogens is 3. The van der Waals surface area contributed by atoms with E-state index in [4.69, 9.17) is 5.73 Å². The van der Waals surface area contributed by atoms with Crippen LogP contribution in [0.25, 0.3) is 22.4 Å². The first kappa shape index (κ1) is 25.9. The van der Waals surface area contributed by atoms with Crippen molar-refractivity contribution >= 4 is 27.0 Å². The van der Waals surface area contributed by atoms with Gasteiger partial charge in [-0.05, 0) is 51.3 Å². The first-order valence-electron chi connectivity index (χ1n) is 10.8. The summed E-state index contributed by atoms with van der Waals surface area (Å²) in [7, 11) is -4.61. The fourth-order valence-electron chi connectivity index (χ4n) is 3.96. The van der Waals surface area contributed by atoms with E-state index in [1.807, 2.05) is 0 Å². The van der Waals surface area contributed by atoms with Crippen molar-refractivity contribution in [3.05, 3.63) is 41.7 Å². The molecule has 8 nitrogen and oxygen atoms in total. The lowest BCUT2D eigenvalue weighted by Crippen LogP contribution is -2.54. The van der Waals surface area contributed by atoms with Crippen LogP contribution in [0, 0.1) is 0 Å². The molecule has 1 amide bonds. The van der Waals surface area contributed by atoms with E-state index in [0.717, 1.165) is 43.8 Å². The van der Waals surface area contributed by atoms with Gasteiger partial charge >= 0.3 is 6.18 Å². The zero-order valence-corrected chi connectivity index (χ0v) is 19.9. The molecule has 3 N–H and O–H groups in total. The molecule has 1 aliphatic rings. The molecule has 3 aromatic heterocycles. The normalized spacial score (nSPS) is 15.4. The number of nitrogens with two attached hydrogens (primary N) is 1. The number of carbonyl (C=O) groups excluding carboxylic acids is 1. The number of pyridine rings is 2. The van der Waals surface area contributed by atoms with Gasteiger partial charge in [-0.1, -0.05) is 0 Å². The van der Waals surface area contributed by atoms with E-state index in [9.17, 15) is 35.2 Å². The number of nitrogens with zero attached hydrogens (tertiary/aromatic N) is 3. The van der Waals surface area contributed by atoms with Crippen LogP contribution in [0.2, 0.25) is 0 Å². The van der Waals surface area contributed by atoms with Crippen LogP contribution < -0.4 is 10.5 Å². The summed E-state index contributed by atoms with van der Waals surface area (Å²) in [6, 6.07) is 3.27. The highest BCUT2D eigenvalue weighted by Crippen LogP contribution is 2.42. The average Bonchev–Trinajstić information content (AvgIpc) is 3.05. The monoisotopic (exact) mass is 531 g/mol. The number of nitrogens with one attached hydrogen (secondary N) is 1. The third-order valence-corrected chi connectivity index (χ3v) is 7.83. The summed E-state index contributed by atoms with van der Waals surface area (Å²) < 4.78 is 94.7. The second-order valence-corrected chi connectivity index (χ2v) is 10.8. The van der Waals surface area contributed by atoms with E-state index in [1.165, 1.54) is 6.07 Å². The van der Waals surface area contributed by atoms with E-state index in [-0.39, 0.29) is 34.0 Å². The van der Waals surface area contributed by atoms with Gasteiger partial charge in [-0.25, -0.2) is 22.2 Å². The molecule has 0 bridgehead atoms. The molecular weight excluding hydrogens is 509 g/mol. The van der Waals surface area contributed by atoms with Crippen LogP contribution in [-0.2, 0) is 10.0 Å². The number of halogens is 5. The molecule has 1 fully saturated rings. The number of amides is 1. The van der Waals surface area contributed by atoms with Gasteiger partial charge in [-0.2, -0.15) is 17.9 Å². The van der Waals surface area contributed by atoms with E-state index in [1.54, 1.807) is 9.29 Å². The Labute approximate surface area is 202 Å². The summed E-state index contributed by atoms with van der Waals surface area (Å²) in [5, 5.41) is 0.106. The number of hydrogen-bond donors (Lipinski definition) is 2. The van der Waals surface area contributed by atoms with Crippen LogP contribution in [0.15, 0.2) is 35.5 Å². The van der Waals surface area contributed by atoms with Crippen molar-refractivity contribution in [1.82, 2.24) is 19.3 Å². The standard InChI is InChI=1S/C22H22F5N5O3S/c1-21(2,22(25,26)27)31-36(34,35)13-6-7-15(29-10-13)17-16(19(28)33)14-8-11(18(23)24)9-30-20(14)32(17)12-4-3-5-12/h6-10,12,18,31H,3-5H2,1-2H3,(H2,28,33). The third-order valence-electron chi connectivity index (χ3n) is 6.19. The number of fused-ring (bicyclic) bond motifs is 1. The molecule has 0 atom stereocenters. The zero-order valence-electron chi connectivity index (χ0n) is 19.1. The minimum absolute atomic E-state index is 0.0846. The van der Waals surface area contributed by atoms with Crippen LogP contribution in [0.1, 0.15) is 61.5 Å². The lowest BCUT2D eigenvalue weighted by Gasteiger charge is -2.29. The predicted octanol–water partition coefficient (Wildman–Crippen LogP) is 4.48. The minimum Gasteiger partial charge on any atom is -0.366 e. The van der Waals surface area contributed by atoms with Gasteiger partial charge in [-0.15, -0.1) is 0 Å². The molecule has 0 aromatic carbocycles. The molecule has 4 rings (SSSR count). The highest BCUT2D eigenvalue weighted by molar-refractivity contribution is 7.89. The van der Waals surface area contributed by atoms with Gasteiger partial charge in [0, 0.05) is 29.4 Å². The summed E-state index contributed by atoms with van der Waals surface area (Å²) >= 11 is 0. The van der Waals surface area contributed by atoms with Crippen LogP contribution in [0.3, 0.4) is 0 Å². The Bertz CT molecular complexity index is 1430. The maximum atomic E-state index is 13.3. The van der Waals surface area contributed by atoms with Crippen molar-refractivity contribution in [3.63, 3.8) is 0 Å². The molecule has 194 valence electrons. The van der Waals surface area contributed by atoms with Gasteiger partial charge < -0.3 is 10.3 Å². The summed E-state index contributed by atoms with van der Waals surface area (Å²) in [4.78, 5) is 20.2. The van der Waals surface area contributed by atoms with Gasteiger partial charge in [0.15, 0.2) is 0 Å². The summed E-state index contributed by atoms with van der Waals surface area (Å²) in [5.41, 5.74) is 2.87. The van der Waals surface area contributed by atoms with E-state index in [0.29, 0.717) is 13.8 Å². The highest BCUT2D eigenvalue weighted by atomic mass is 32.2. The van der Waals surface area contributed by atoms with Crippen LogP contribution in [0.5, 0.6) is 0 Å². The fraction of sp³-hybridized carbons (Fsp3) is 0.409. The predicted molar refractivity (Wildman–Crippen MR) is 120 cm³/mol. The Morgan fingerprint density at radius 3 is 2.31 bits per heavy atom. The lowest BCUT2D eigenvalue weighted by molar-refractivity contribution is -0.180. The zero-order chi connectivity index (χ0) is 26.6. The van der Waals surface area contributed by atoms with Crippen molar-refractivity contribution in [2.24, 2.45) is 5.73 Å². The second kappa shape index (κ2) is 8.76. The summed E-state index contributed by atoms with van der Waals surface area (Å²) in [6.45, 7) is 1.37. The quantitative estimate of drug-likeness (QED) is 0.436. The Kier molecular flexibility index (Phi) is 6.32. The Hall–Kier alpha value is -3.13. The van der Waals surface area contributed by atoms with E-state index >= 15 is 0 Å². The van der Waals surface area contributed by atoms with Crippen LogP contribution in [0.4, 0.5) is 22.0 Å². The molecule has 1 aliphatic carbocycles. The summed E-state index contributed by atoms with van der Waals surface area (Å²) in [5.74, 6) is -0.923. The largest absolute Gasteiger partial charge is 0.407 e. The lowest BCUT2D eigenvalue weighted by atomic mass is 9.92. The number of carbonyl (C=O) groups is 1. The van der Waals surface area contributed by atoms with Crippen molar-refractivity contribution in [1.29, 1.82) is 0 Å². The van der Waals surface area contributed by atoms with Crippen molar-refractivity contribution in [3.8, 4) is 11.4 Å². The van der Waals surface area contributed by atoms with Crippen molar-refractivity contribution in [2.75, 3.05) is 0 Å². The number of rotatable bonds is 7. The molecule has 0 saturated heterocycles. The highest BCUT2D eigenvalue weighted by Gasteiger charge is 2.49. The Balaban J connectivity index is 1.85. The number of sulfonamides is 1. The molecular formula is C22H22F5N5O3S. The maximum Gasteiger partial charge on any atom is 0.407 e. The Morgan fingerprint density at radius 1 is 1.17 bits per heavy atom. The summed E-state index contributed by atoms with van der Waals surface area (Å²) in [6.07, 6.45) is -3.50.